The third-order valence-corrected chi connectivity index (χ3v) is 8.29. The van der Waals surface area contributed by atoms with Gasteiger partial charge >= 0.3 is 0 Å². The van der Waals surface area contributed by atoms with Crippen LogP contribution >= 0.6 is 0 Å². The van der Waals surface area contributed by atoms with E-state index in [1.165, 1.54) is 4.31 Å². The smallest absolute Gasteiger partial charge is 0.227 e. The Morgan fingerprint density at radius 2 is 1.71 bits per heavy atom. The van der Waals surface area contributed by atoms with Crippen LogP contribution < -0.4 is 5.32 Å². The van der Waals surface area contributed by atoms with Gasteiger partial charge in [-0.2, -0.15) is 0 Å². The number of carbonyl (C=O) groups is 2. The van der Waals surface area contributed by atoms with Crippen LogP contribution in [0.4, 0.5) is 0 Å². The van der Waals surface area contributed by atoms with Gasteiger partial charge in [0.2, 0.25) is 21.8 Å². The van der Waals surface area contributed by atoms with Crippen LogP contribution in [0.5, 0.6) is 0 Å². The standard InChI is InChI=1S/C22H42N4O4S/c1-6-14-31(29,30)26-11-7-8-19(15-26)21(28)25-12-9-18(10-13-25)20(27)23-16-22(2,3)17-24(4)5/h18-19H,6-17H2,1-5H3,(H,23,27). The van der Waals surface area contributed by atoms with Crippen LogP contribution in [0.25, 0.3) is 0 Å². The molecule has 0 saturated carbocycles. The summed E-state index contributed by atoms with van der Waals surface area (Å²) < 4.78 is 26.3. The third-order valence-electron chi connectivity index (χ3n) is 6.25. The van der Waals surface area contributed by atoms with E-state index < -0.39 is 10.0 Å². The molecule has 0 aromatic rings. The van der Waals surface area contributed by atoms with E-state index in [1.54, 1.807) is 0 Å². The van der Waals surface area contributed by atoms with Gasteiger partial charge in [-0.1, -0.05) is 20.8 Å². The Morgan fingerprint density at radius 1 is 1.06 bits per heavy atom. The van der Waals surface area contributed by atoms with Crippen molar-refractivity contribution in [2.24, 2.45) is 17.3 Å². The first-order chi connectivity index (χ1) is 14.4. The molecule has 2 aliphatic rings. The van der Waals surface area contributed by atoms with E-state index in [0.717, 1.165) is 19.4 Å². The maximum atomic E-state index is 13.0. The van der Waals surface area contributed by atoms with Gasteiger partial charge in [-0.05, 0) is 51.6 Å². The molecule has 2 aliphatic heterocycles. The number of hydrogen-bond acceptors (Lipinski definition) is 5. The summed E-state index contributed by atoms with van der Waals surface area (Å²) in [5, 5.41) is 3.10. The fourth-order valence-electron chi connectivity index (χ4n) is 4.79. The van der Waals surface area contributed by atoms with Gasteiger partial charge in [0.15, 0.2) is 0 Å². The van der Waals surface area contributed by atoms with Crippen molar-refractivity contribution in [3.63, 3.8) is 0 Å². The van der Waals surface area contributed by atoms with Crippen molar-refractivity contribution in [3.8, 4) is 0 Å². The molecule has 0 aromatic heterocycles. The molecular formula is C22H42N4O4S. The third kappa shape index (κ3) is 7.71. The van der Waals surface area contributed by atoms with Crippen molar-refractivity contribution < 1.29 is 18.0 Å². The van der Waals surface area contributed by atoms with Crippen molar-refractivity contribution in [2.45, 2.75) is 52.9 Å². The zero-order valence-corrected chi connectivity index (χ0v) is 20.8. The van der Waals surface area contributed by atoms with Gasteiger partial charge in [-0.3, -0.25) is 9.59 Å². The van der Waals surface area contributed by atoms with Gasteiger partial charge in [0.05, 0.1) is 11.7 Å². The molecule has 0 spiro atoms. The van der Waals surface area contributed by atoms with Gasteiger partial charge in [0, 0.05) is 45.2 Å². The number of nitrogens with zero attached hydrogens (tertiary/aromatic N) is 3. The van der Waals surface area contributed by atoms with Crippen molar-refractivity contribution in [1.82, 2.24) is 19.4 Å². The first-order valence-corrected chi connectivity index (χ1v) is 13.2. The highest BCUT2D eigenvalue weighted by atomic mass is 32.2. The van der Waals surface area contributed by atoms with E-state index >= 15 is 0 Å². The molecule has 0 radical (unpaired) electrons. The summed E-state index contributed by atoms with van der Waals surface area (Å²) >= 11 is 0. The van der Waals surface area contributed by atoms with Crippen LogP contribution in [0.3, 0.4) is 0 Å². The van der Waals surface area contributed by atoms with Crippen LogP contribution in [-0.4, -0.2) is 93.5 Å². The fourth-order valence-corrected chi connectivity index (χ4v) is 6.38. The second-order valence-corrected chi connectivity index (χ2v) is 12.3. The molecule has 31 heavy (non-hydrogen) atoms. The van der Waals surface area contributed by atoms with Gasteiger partial charge < -0.3 is 15.1 Å². The van der Waals surface area contributed by atoms with Crippen molar-refractivity contribution in [2.75, 3.05) is 59.1 Å². The van der Waals surface area contributed by atoms with E-state index in [4.69, 9.17) is 0 Å². The number of hydrogen-bond donors (Lipinski definition) is 1. The molecular weight excluding hydrogens is 416 g/mol. The number of sulfonamides is 1. The molecule has 2 fully saturated rings. The Balaban J connectivity index is 1.82. The lowest BCUT2D eigenvalue weighted by molar-refractivity contribution is -0.140. The van der Waals surface area contributed by atoms with Crippen LogP contribution in [-0.2, 0) is 19.6 Å². The van der Waals surface area contributed by atoms with Gasteiger partial charge in [0.1, 0.15) is 0 Å². The van der Waals surface area contributed by atoms with Gasteiger partial charge in [0.25, 0.3) is 0 Å². The molecule has 180 valence electrons. The number of rotatable bonds is 9. The number of carbonyl (C=O) groups excluding carboxylic acids is 2. The largest absolute Gasteiger partial charge is 0.355 e. The maximum Gasteiger partial charge on any atom is 0.227 e. The minimum Gasteiger partial charge on any atom is -0.355 e. The molecule has 0 aliphatic carbocycles. The Morgan fingerprint density at radius 3 is 2.29 bits per heavy atom. The molecule has 1 atom stereocenters. The second-order valence-electron chi connectivity index (χ2n) is 10.2. The predicted molar refractivity (Wildman–Crippen MR) is 123 cm³/mol. The highest BCUT2D eigenvalue weighted by Gasteiger charge is 2.36. The SMILES string of the molecule is CCCS(=O)(=O)N1CCCC(C(=O)N2CCC(C(=O)NCC(C)(C)CN(C)C)CC2)C1. The molecule has 2 amide bonds. The Kier molecular flexibility index (Phi) is 9.33. The molecule has 1 N–H and O–H groups in total. The summed E-state index contributed by atoms with van der Waals surface area (Å²) in [7, 11) is 0.788. The first-order valence-electron chi connectivity index (χ1n) is 11.6. The lowest BCUT2D eigenvalue weighted by Gasteiger charge is -2.37. The summed E-state index contributed by atoms with van der Waals surface area (Å²) in [6, 6.07) is 0. The normalized spacial score (nSPS) is 22.0. The summed E-state index contributed by atoms with van der Waals surface area (Å²) in [6.07, 6.45) is 3.37. The van der Waals surface area contributed by atoms with Gasteiger partial charge in [-0.15, -0.1) is 0 Å². The molecule has 2 saturated heterocycles. The van der Waals surface area contributed by atoms with Crippen LogP contribution in [0, 0.1) is 17.3 Å². The molecule has 8 nitrogen and oxygen atoms in total. The van der Waals surface area contributed by atoms with Crippen LogP contribution in [0.15, 0.2) is 0 Å². The quantitative estimate of drug-likeness (QED) is 0.564. The van der Waals surface area contributed by atoms with E-state index in [-0.39, 0.29) is 34.8 Å². The molecule has 0 aromatic carbocycles. The molecule has 0 bridgehead atoms. The second kappa shape index (κ2) is 11.1. The average molecular weight is 459 g/mol. The minimum absolute atomic E-state index is 0.000790. The average Bonchev–Trinajstić information content (AvgIpc) is 2.71. The fraction of sp³-hybridized carbons (Fsp3) is 0.909. The molecule has 2 heterocycles. The molecule has 9 heteroatoms. The summed E-state index contributed by atoms with van der Waals surface area (Å²) in [6.45, 7) is 9.60. The highest BCUT2D eigenvalue weighted by molar-refractivity contribution is 7.89. The van der Waals surface area contributed by atoms with Crippen molar-refractivity contribution >= 4 is 21.8 Å². The topological polar surface area (TPSA) is 90.0 Å². The monoisotopic (exact) mass is 458 g/mol. The van der Waals surface area contributed by atoms with E-state index in [0.29, 0.717) is 52.0 Å². The predicted octanol–water partition coefficient (Wildman–Crippen LogP) is 1.38. The van der Waals surface area contributed by atoms with Crippen molar-refractivity contribution in [1.29, 1.82) is 0 Å². The highest BCUT2D eigenvalue weighted by Crippen LogP contribution is 2.25. The lowest BCUT2D eigenvalue weighted by atomic mass is 9.90. The number of amides is 2. The van der Waals surface area contributed by atoms with Crippen molar-refractivity contribution in [3.05, 3.63) is 0 Å². The summed E-state index contributed by atoms with van der Waals surface area (Å²) in [5.41, 5.74) is 0.000790. The van der Waals surface area contributed by atoms with Crippen LogP contribution in [0.1, 0.15) is 52.9 Å². The molecule has 1 unspecified atom stereocenters. The first kappa shape index (κ1) is 26.1. The van der Waals surface area contributed by atoms with E-state index in [1.807, 2.05) is 25.9 Å². The Labute approximate surface area is 188 Å². The minimum atomic E-state index is -3.27. The number of nitrogens with one attached hydrogen (secondary N) is 1. The Bertz CT molecular complexity index is 715. The van der Waals surface area contributed by atoms with Gasteiger partial charge in [-0.25, -0.2) is 12.7 Å². The van der Waals surface area contributed by atoms with E-state index in [2.05, 4.69) is 24.1 Å². The Hall–Kier alpha value is -1.19. The number of likely N-dealkylation sites (tertiary alicyclic amines) is 1. The molecule has 2 rings (SSSR count). The zero-order valence-electron chi connectivity index (χ0n) is 20.0. The van der Waals surface area contributed by atoms with E-state index in [9.17, 15) is 18.0 Å². The number of piperidine rings is 2. The summed E-state index contributed by atoms with van der Waals surface area (Å²) in [4.78, 5) is 29.6. The zero-order chi connectivity index (χ0) is 23.2. The summed E-state index contributed by atoms with van der Waals surface area (Å²) in [5.74, 6) is -0.0693. The van der Waals surface area contributed by atoms with Crippen LogP contribution in [0.2, 0.25) is 0 Å². The maximum absolute atomic E-state index is 13.0. The lowest BCUT2D eigenvalue weighted by Crippen LogP contribution is -2.50.